The van der Waals surface area contributed by atoms with Gasteiger partial charge in [0.2, 0.25) is 5.91 Å². The monoisotopic (exact) mass is 446 g/mol. The van der Waals surface area contributed by atoms with Crippen LogP contribution in [0.2, 0.25) is 5.02 Å². The van der Waals surface area contributed by atoms with E-state index in [1.807, 2.05) is 0 Å². The Morgan fingerprint density at radius 2 is 2.03 bits per heavy atom. The highest BCUT2D eigenvalue weighted by Gasteiger charge is 2.21. The Morgan fingerprint density at radius 1 is 1.16 bits per heavy atom. The predicted molar refractivity (Wildman–Crippen MR) is 118 cm³/mol. The van der Waals surface area contributed by atoms with Gasteiger partial charge in [-0.3, -0.25) is 9.78 Å². The van der Waals surface area contributed by atoms with E-state index in [9.17, 15) is 4.79 Å². The number of anilines is 2. The average Bonchev–Trinajstić information content (AvgIpc) is 3.10. The fraction of sp³-hybridized carbons (Fsp3) is 0.524. The molecule has 0 aromatic carbocycles. The number of pyridine rings is 1. The van der Waals surface area contributed by atoms with Crippen molar-refractivity contribution in [2.24, 2.45) is 11.8 Å². The molecule has 10 heteroatoms. The minimum Gasteiger partial charge on any atom is -0.381 e. The SMILES string of the molecule is O=C(Nc1cc(-c2cncc(NCC3CCOCC3)n2)c(Cl)cn1)C1CNCCOC1. The Morgan fingerprint density at radius 3 is 2.90 bits per heavy atom. The van der Waals surface area contributed by atoms with Crippen LogP contribution in [0.1, 0.15) is 12.8 Å². The molecular formula is C21H27ClN6O3. The number of hydrogen-bond donors (Lipinski definition) is 3. The Balaban J connectivity index is 1.44. The van der Waals surface area contributed by atoms with Gasteiger partial charge in [-0.05, 0) is 24.8 Å². The predicted octanol–water partition coefficient (Wildman–Crippen LogP) is 2.21. The lowest BCUT2D eigenvalue weighted by Gasteiger charge is -2.22. The summed E-state index contributed by atoms with van der Waals surface area (Å²) in [4.78, 5) is 25.8. The number of ether oxygens (including phenoxy) is 2. The summed E-state index contributed by atoms with van der Waals surface area (Å²) in [6.07, 6.45) is 6.94. The van der Waals surface area contributed by atoms with Crippen LogP contribution < -0.4 is 16.0 Å². The number of carbonyl (C=O) groups excluding carboxylic acids is 1. The first kappa shape index (κ1) is 21.9. The van der Waals surface area contributed by atoms with Crippen LogP contribution in [0.15, 0.2) is 24.7 Å². The third kappa shape index (κ3) is 6.10. The molecule has 4 heterocycles. The molecule has 0 radical (unpaired) electrons. The van der Waals surface area contributed by atoms with E-state index in [1.54, 1.807) is 18.5 Å². The van der Waals surface area contributed by atoms with E-state index in [-0.39, 0.29) is 11.8 Å². The molecule has 2 aliphatic heterocycles. The first-order valence-corrected chi connectivity index (χ1v) is 11.0. The maximum absolute atomic E-state index is 12.6. The van der Waals surface area contributed by atoms with Crippen molar-refractivity contribution in [1.82, 2.24) is 20.3 Å². The summed E-state index contributed by atoms with van der Waals surface area (Å²) in [5.74, 6) is 1.24. The Kier molecular flexibility index (Phi) is 7.63. The Bertz CT molecular complexity index is 885. The van der Waals surface area contributed by atoms with Crippen LogP contribution >= 0.6 is 11.6 Å². The minimum absolute atomic E-state index is 0.145. The van der Waals surface area contributed by atoms with Crippen LogP contribution in [0.4, 0.5) is 11.6 Å². The van der Waals surface area contributed by atoms with Crippen LogP contribution in [-0.4, -0.2) is 66.9 Å². The molecule has 2 aromatic rings. The zero-order valence-corrected chi connectivity index (χ0v) is 18.0. The van der Waals surface area contributed by atoms with Crippen molar-refractivity contribution in [2.45, 2.75) is 12.8 Å². The quantitative estimate of drug-likeness (QED) is 0.619. The molecular weight excluding hydrogens is 420 g/mol. The fourth-order valence-corrected chi connectivity index (χ4v) is 3.79. The van der Waals surface area contributed by atoms with Crippen LogP contribution in [0.5, 0.6) is 0 Å². The van der Waals surface area contributed by atoms with Crippen LogP contribution in [-0.2, 0) is 14.3 Å². The molecule has 0 bridgehead atoms. The molecule has 1 amide bonds. The van der Waals surface area contributed by atoms with Gasteiger partial charge in [0.1, 0.15) is 11.6 Å². The van der Waals surface area contributed by atoms with Crippen molar-refractivity contribution in [3.8, 4) is 11.3 Å². The van der Waals surface area contributed by atoms with Crippen molar-refractivity contribution < 1.29 is 14.3 Å². The second-order valence-corrected chi connectivity index (χ2v) is 8.15. The highest BCUT2D eigenvalue weighted by Crippen LogP contribution is 2.28. The molecule has 166 valence electrons. The number of rotatable bonds is 6. The lowest BCUT2D eigenvalue weighted by Crippen LogP contribution is -2.33. The molecule has 2 saturated heterocycles. The zero-order valence-electron chi connectivity index (χ0n) is 17.3. The first-order chi connectivity index (χ1) is 15.2. The molecule has 1 atom stereocenters. The molecule has 2 aliphatic rings. The molecule has 9 nitrogen and oxygen atoms in total. The summed E-state index contributed by atoms with van der Waals surface area (Å²) < 4.78 is 10.9. The van der Waals surface area contributed by atoms with Crippen molar-refractivity contribution in [3.63, 3.8) is 0 Å². The van der Waals surface area contributed by atoms with E-state index in [2.05, 4.69) is 30.9 Å². The third-order valence-corrected chi connectivity index (χ3v) is 5.73. The van der Waals surface area contributed by atoms with Crippen LogP contribution in [0, 0.1) is 11.8 Å². The highest BCUT2D eigenvalue weighted by atomic mass is 35.5. The summed E-state index contributed by atoms with van der Waals surface area (Å²) in [7, 11) is 0. The molecule has 2 aromatic heterocycles. The number of aromatic nitrogens is 3. The van der Waals surface area contributed by atoms with Gasteiger partial charge in [-0.2, -0.15) is 0 Å². The van der Waals surface area contributed by atoms with Gasteiger partial charge in [-0.1, -0.05) is 11.6 Å². The van der Waals surface area contributed by atoms with Gasteiger partial charge in [-0.25, -0.2) is 9.97 Å². The van der Waals surface area contributed by atoms with E-state index in [0.717, 1.165) is 39.1 Å². The van der Waals surface area contributed by atoms with Gasteiger partial charge in [-0.15, -0.1) is 0 Å². The summed E-state index contributed by atoms with van der Waals surface area (Å²) in [5.41, 5.74) is 1.27. The van der Waals surface area contributed by atoms with Gasteiger partial charge in [0.25, 0.3) is 0 Å². The van der Waals surface area contributed by atoms with Gasteiger partial charge in [0.05, 0.1) is 42.2 Å². The number of halogens is 1. The molecule has 2 fully saturated rings. The minimum atomic E-state index is -0.277. The van der Waals surface area contributed by atoms with Gasteiger partial charge in [0, 0.05) is 44.6 Å². The number of hydrogen-bond acceptors (Lipinski definition) is 8. The zero-order chi connectivity index (χ0) is 21.5. The molecule has 31 heavy (non-hydrogen) atoms. The van der Waals surface area contributed by atoms with Crippen molar-refractivity contribution >= 4 is 29.1 Å². The smallest absolute Gasteiger partial charge is 0.232 e. The molecule has 0 spiro atoms. The average molecular weight is 447 g/mol. The van der Waals surface area contributed by atoms with Crippen molar-refractivity contribution in [2.75, 3.05) is 56.7 Å². The topological polar surface area (TPSA) is 110 Å². The molecule has 1 unspecified atom stereocenters. The number of nitrogens with one attached hydrogen (secondary N) is 3. The summed E-state index contributed by atoms with van der Waals surface area (Å²) in [6, 6.07) is 1.72. The molecule has 0 aliphatic carbocycles. The summed E-state index contributed by atoms with van der Waals surface area (Å²) >= 11 is 6.38. The van der Waals surface area contributed by atoms with Crippen LogP contribution in [0.25, 0.3) is 11.3 Å². The maximum Gasteiger partial charge on any atom is 0.232 e. The van der Waals surface area contributed by atoms with Crippen molar-refractivity contribution in [1.29, 1.82) is 0 Å². The maximum atomic E-state index is 12.6. The highest BCUT2D eigenvalue weighted by molar-refractivity contribution is 6.33. The van der Waals surface area contributed by atoms with E-state index in [4.69, 9.17) is 21.1 Å². The van der Waals surface area contributed by atoms with Gasteiger partial charge < -0.3 is 25.4 Å². The fourth-order valence-electron chi connectivity index (χ4n) is 3.59. The number of carbonyl (C=O) groups is 1. The third-order valence-electron chi connectivity index (χ3n) is 5.43. The van der Waals surface area contributed by atoms with Crippen molar-refractivity contribution in [3.05, 3.63) is 29.7 Å². The second-order valence-electron chi connectivity index (χ2n) is 7.74. The van der Waals surface area contributed by atoms with Crippen LogP contribution in [0.3, 0.4) is 0 Å². The van der Waals surface area contributed by atoms with Gasteiger partial charge >= 0.3 is 0 Å². The molecule has 3 N–H and O–H groups in total. The summed E-state index contributed by atoms with van der Waals surface area (Å²) in [6.45, 7) is 4.73. The molecule has 0 saturated carbocycles. The van der Waals surface area contributed by atoms with Gasteiger partial charge in [0.15, 0.2) is 0 Å². The largest absolute Gasteiger partial charge is 0.381 e. The Labute approximate surface area is 186 Å². The lowest BCUT2D eigenvalue weighted by atomic mass is 10.0. The number of amides is 1. The molecule has 4 rings (SSSR count). The van der Waals surface area contributed by atoms with E-state index < -0.39 is 0 Å². The summed E-state index contributed by atoms with van der Waals surface area (Å²) in [5, 5.41) is 9.85. The Hall–Kier alpha value is -2.33. The standard InChI is InChI=1S/C21H27ClN6O3/c22-17-10-26-19(28-21(29)15-9-23-3-6-31-13-15)7-16(17)18-11-24-12-20(27-18)25-8-14-1-4-30-5-2-14/h7,10-12,14-15,23H,1-6,8-9,13H2,(H,25,27)(H,26,28,29). The lowest BCUT2D eigenvalue weighted by molar-refractivity contribution is -0.121. The normalized spacial score (nSPS) is 20.1. The van der Waals surface area contributed by atoms with E-state index in [0.29, 0.717) is 53.6 Å². The number of nitrogens with zero attached hydrogens (tertiary/aromatic N) is 3. The van der Waals surface area contributed by atoms with E-state index >= 15 is 0 Å². The van der Waals surface area contributed by atoms with E-state index in [1.165, 1.54) is 6.20 Å². The first-order valence-electron chi connectivity index (χ1n) is 10.6. The second kappa shape index (κ2) is 10.8.